The number of nitrogens with zero attached hydrogens (tertiary/aromatic N) is 1. The van der Waals surface area contributed by atoms with Gasteiger partial charge in [-0.3, -0.25) is 9.69 Å². The van der Waals surface area contributed by atoms with Gasteiger partial charge < -0.3 is 10.6 Å². The highest BCUT2D eigenvalue weighted by atomic mass is 79.9. The van der Waals surface area contributed by atoms with Gasteiger partial charge in [0.2, 0.25) is 5.91 Å². The molecule has 5 heteroatoms. The summed E-state index contributed by atoms with van der Waals surface area (Å²) in [5, 5.41) is 6.08. The van der Waals surface area contributed by atoms with E-state index in [1.54, 1.807) is 0 Å². The second-order valence-corrected chi connectivity index (χ2v) is 4.72. The molecule has 0 aliphatic carbocycles. The maximum absolute atomic E-state index is 11.8. The molecule has 1 saturated heterocycles. The van der Waals surface area contributed by atoms with E-state index >= 15 is 0 Å². The van der Waals surface area contributed by atoms with E-state index < -0.39 is 0 Å². The lowest BCUT2D eigenvalue weighted by atomic mass is 10.1. The minimum absolute atomic E-state index is 0.0759. The first kappa shape index (κ1) is 12.7. The molecule has 1 rings (SSSR count). The van der Waals surface area contributed by atoms with Crippen LogP contribution in [-0.2, 0) is 4.79 Å². The number of halogens is 1. The molecule has 0 aromatic heterocycles. The summed E-state index contributed by atoms with van der Waals surface area (Å²) in [7, 11) is 0. The third-order valence-corrected chi connectivity index (χ3v) is 2.63. The monoisotopic (exact) mass is 275 g/mol. The van der Waals surface area contributed by atoms with E-state index in [2.05, 4.69) is 38.0 Å². The molecule has 0 aromatic rings. The largest absolute Gasteiger partial charge is 0.355 e. The van der Waals surface area contributed by atoms with Gasteiger partial charge in [0, 0.05) is 37.2 Å². The molecule has 15 heavy (non-hydrogen) atoms. The van der Waals surface area contributed by atoms with Crippen molar-refractivity contribution in [2.45, 2.75) is 13.0 Å². The number of hydrogen-bond donors (Lipinski definition) is 2. The quantitative estimate of drug-likeness (QED) is 0.776. The molecule has 0 saturated carbocycles. The molecule has 1 amide bonds. The van der Waals surface area contributed by atoms with Gasteiger partial charge in [0.05, 0.1) is 0 Å². The van der Waals surface area contributed by atoms with Gasteiger partial charge in [-0.15, -0.1) is 0 Å². The standard InChI is InChI=1S/C10H18BrN3O/c1-3-13-10(15)9-6-12-4-5-14(9)7-8(2)11/h9,12H,2-7H2,1H3,(H,13,15). The number of carbonyl (C=O) groups excluding carboxylic acids is 1. The van der Waals surface area contributed by atoms with Gasteiger partial charge in [-0.1, -0.05) is 22.5 Å². The van der Waals surface area contributed by atoms with E-state index in [0.717, 1.165) is 24.1 Å². The first-order chi connectivity index (χ1) is 7.15. The van der Waals surface area contributed by atoms with E-state index in [1.165, 1.54) is 0 Å². The van der Waals surface area contributed by atoms with Crippen molar-refractivity contribution in [3.05, 3.63) is 11.1 Å². The zero-order chi connectivity index (χ0) is 11.3. The summed E-state index contributed by atoms with van der Waals surface area (Å²) in [6.07, 6.45) is 0. The van der Waals surface area contributed by atoms with Crippen LogP contribution in [0.5, 0.6) is 0 Å². The molecule has 1 atom stereocenters. The predicted octanol–water partition coefficient (Wildman–Crippen LogP) is 0.305. The van der Waals surface area contributed by atoms with Crippen molar-refractivity contribution in [2.75, 3.05) is 32.7 Å². The summed E-state index contributed by atoms with van der Waals surface area (Å²) >= 11 is 3.34. The molecular formula is C10H18BrN3O. The smallest absolute Gasteiger partial charge is 0.238 e. The van der Waals surface area contributed by atoms with Gasteiger partial charge in [-0.2, -0.15) is 0 Å². The fourth-order valence-corrected chi connectivity index (χ4v) is 2.03. The highest BCUT2D eigenvalue weighted by molar-refractivity contribution is 9.11. The maximum atomic E-state index is 11.8. The molecule has 2 N–H and O–H groups in total. The van der Waals surface area contributed by atoms with E-state index in [1.807, 2.05) is 6.92 Å². The molecule has 1 aliphatic rings. The van der Waals surface area contributed by atoms with Crippen molar-refractivity contribution in [3.8, 4) is 0 Å². The Morgan fingerprint density at radius 1 is 1.73 bits per heavy atom. The number of nitrogens with one attached hydrogen (secondary N) is 2. The number of amides is 1. The average molecular weight is 276 g/mol. The second kappa shape index (κ2) is 6.25. The fourth-order valence-electron chi connectivity index (χ4n) is 1.71. The van der Waals surface area contributed by atoms with Crippen LogP contribution in [0.25, 0.3) is 0 Å². The van der Waals surface area contributed by atoms with Gasteiger partial charge >= 0.3 is 0 Å². The van der Waals surface area contributed by atoms with Crippen molar-refractivity contribution in [2.24, 2.45) is 0 Å². The first-order valence-corrected chi connectivity index (χ1v) is 6.00. The summed E-state index contributed by atoms with van der Waals surface area (Å²) in [5.41, 5.74) is 0. The van der Waals surface area contributed by atoms with E-state index in [-0.39, 0.29) is 11.9 Å². The van der Waals surface area contributed by atoms with Crippen LogP contribution in [0.1, 0.15) is 6.92 Å². The summed E-state index contributed by atoms with van der Waals surface area (Å²) in [4.78, 5) is 13.9. The Bertz CT molecular complexity index is 245. The van der Waals surface area contributed by atoms with Crippen LogP contribution in [-0.4, -0.2) is 49.6 Å². The van der Waals surface area contributed by atoms with Gasteiger partial charge in [0.25, 0.3) is 0 Å². The molecule has 1 aliphatic heterocycles. The van der Waals surface area contributed by atoms with Gasteiger partial charge in [0.1, 0.15) is 6.04 Å². The number of piperazine rings is 1. The van der Waals surface area contributed by atoms with Crippen LogP contribution in [0.3, 0.4) is 0 Å². The van der Waals surface area contributed by atoms with Crippen LogP contribution in [0.4, 0.5) is 0 Å². The van der Waals surface area contributed by atoms with E-state index in [4.69, 9.17) is 0 Å². The third-order valence-electron chi connectivity index (χ3n) is 2.38. The number of likely N-dealkylation sites (N-methyl/N-ethyl adjacent to an activating group) is 1. The third kappa shape index (κ3) is 3.93. The molecule has 0 aromatic carbocycles. The van der Waals surface area contributed by atoms with Crippen LogP contribution >= 0.6 is 15.9 Å². The minimum Gasteiger partial charge on any atom is -0.355 e. The Morgan fingerprint density at radius 3 is 3.07 bits per heavy atom. The molecule has 1 unspecified atom stereocenters. The Morgan fingerprint density at radius 2 is 2.47 bits per heavy atom. The zero-order valence-electron chi connectivity index (χ0n) is 9.05. The zero-order valence-corrected chi connectivity index (χ0v) is 10.6. The van der Waals surface area contributed by atoms with Crippen LogP contribution < -0.4 is 10.6 Å². The topological polar surface area (TPSA) is 44.4 Å². The number of rotatable bonds is 4. The van der Waals surface area contributed by atoms with Crippen molar-refractivity contribution in [3.63, 3.8) is 0 Å². The lowest BCUT2D eigenvalue weighted by Crippen LogP contribution is -2.57. The molecule has 0 radical (unpaired) electrons. The summed E-state index contributed by atoms with van der Waals surface area (Å²) in [5.74, 6) is 0.0958. The highest BCUT2D eigenvalue weighted by Gasteiger charge is 2.27. The van der Waals surface area contributed by atoms with Crippen molar-refractivity contribution >= 4 is 21.8 Å². The van der Waals surface area contributed by atoms with Gasteiger partial charge in [-0.05, 0) is 6.92 Å². The van der Waals surface area contributed by atoms with Crippen molar-refractivity contribution in [1.82, 2.24) is 15.5 Å². The van der Waals surface area contributed by atoms with Crippen molar-refractivity contribution < 1.29 is 4.79 Å². The molecule has 1 fully saturated rings. The second-order valence-electron chi connectivity index (χ2n) is 3.60. The predicted molar refractivity (Wildman–Crippen MR) is 65.0 cm³/mol. The number of hydrogen-bond acceptors (Lipinski definition) is 3. The van der Waals surface area contributed by atoms with Gasteiger partial charge in [0.15, 0.2) is 0 Å². The minimum atomic E-state index is -0.0759. The molecule has 4 nitrogen and oxygen atoms in total. The molecule has 86 valence electrons. The highest BCUT2D eigenvalue weighted by Crippen LogP contribution is 2.10. The van der Waals surface area contributed by atoms with Crippen LogP contribution in [0.2, 0.25) is 0 Å². The average Bonchev–Trinajstić information content (AvgIpc) is 2.18. The first-order valence-electron chi connectivity index (χ1n) is 5.21. The molecule has 1 heterocycles. The number of carbonyl (C=O) groups is 1. The Labute approximate surface area is 99.2 Å². The maximum Gasteiger partial charge on any atom is 0.238 e. The van der Waals surface area contributed by atoms with Crippen LogP contribution in [0, 0.1) is 0 Å². The SMILES string of the molecule is C=C(Br)CN1CCNCC1C(=O)NCC. The van der Waals surface area contributed by atoms with Crippen molar-refractivity contribution in [1.29, 1.82) is 0 Å². The Hall–Kier alpha value is -0.390. The molecular weight excluding hydrogens is 258 g/mol. The van der Waals surface area contributed by atoms with E-state index in [0.29, 0.717) is 13.1 Å². The fraction of sp³-hybridized carbons (Fsp3) is 0.700. The normalized spacial score (nSPS) is 22.4. The summed E-state index contributed by atoms with van der Waals surface area (Å²) in [6.45, 7) is 9.67. The Kier molecular flexibility index (Phi) is 5.28. The Balaban J connectivity index is 2.56. The van der Waals surface area contributed by atoms with Gasteiger partial charge in [-0.25, -0.2) is 0 Å². The van der Waals surface area contributed by atoms with E-state index in [9.17, 15) is 4.79 Å². The summed E-state index contributed by atoms with van der Waals surface area (Å²) in [6, 6.07) is -0.0759. The summed E-state index contributed by atoms with van der Waals surface area (Å²) < 4.78 is 0.915. The van der Waals surface area contributed by atoms with Crippen LogP contribution in [0.15, 0.2) is 11.1 Å². The molecule has 0 spiro atoms. The lowest BCUT2D eigenvalue weighted by Gasteiger charge is -2.34. The molecule has 0 bridgehead atoms. The lowest BCUT2D eigenvalue weighted by molar-refractivity contribution is -0.126.